The number of fused-ring (bicyclic) bond motifs is 1. The lowest BCUT2D eigenvalue weighted by molar-refractivity contribution is -0.136. The minimum absolute atomic E-state index is 0.282. The maximum absolute atomic E-state index is 13.7. The average Bonchev–Trinajstić information content (AvgIpc) is 3.40. The van der Waals surface area contributed by atoms with Gasteiger partial charge in [-0.05, 0) is 36.2 Å². The zero-order valence-electron chi connectivity index (χ0n) is 19.1. The summed E-state index contributed by atoms with van der Waals surface area (Å²) in [6, 6.07) is 24.9. The second-order valence-corrected chi connectivity index (χ2v) is 8.19. The van der Waals surface area contributed by atoms with Crippen LogP contribution in [0.15, 0.2) is 90.8 Å². The number of carbonyl (C=O) groups is 2. The number of nitrogens with one attached hydrogen (secondary N) is 1. The summed E-state index contributed by atoms with van der Waals surface area (Å²) < 4.78 is 5.54. The van der Waals surface area contributed by atoms with Crippen molar-refractivity contribution in [3.63, 3.8) is 0 Å². The summed E-state index contributed by atoms with van der Waals surface area (Å²) in [7, 11) is 3.38. The maximum Gasteiger partial charge on any atom is 0.278 e. The summed E-state index contributed by atoms with van der Waals surface area (Å²) in [5, 5.41) is 1.10. The van der Waals surface area contributed by atoms with E-state index < -0.39 is 0 Å². The Hall–Kier alpha value is -4.32. The van der Waals surface area contributed by atoms with Crippen molar-refractivity contribution < 1.29 is 14.3 Å². The minimum Gasteiger partial charge on any atom is -0.496 e. The van der Waals surface area contributed by atoms with Crippen LogP contribution in [0.2, 0.25) is 0 Å². The molecule has 1 aliphatic rings. The van der Waals surface area contributed by atoms with E-state index >= 15 is 0 Å². The highest BCUT2D eigenvalue weighted by Gasteiger charge is 2.41. The molecule has 5 rings (SSSR count). The highest BCUT2D eigenvalue weighted by molar-refractivity contribution is 6.37. The molecule has 0 unspecified atom stereocenters. The van der Waals surface area contributed by atoms with Crippen LogP contribution < -0.4 is 9.64 Å². The lowest BCUT2D eigenvalue weighted by atomic mass is 10.0. The first-order chi connectivity index (χ1) is 16.6. The van der Waals surface area contributed by atoms with Crippen molar-refractivity contribution in [2.75, 3.05) is 25.6 Å². The van der Waals surface area contributed by atoms with Gasteiger partial charge in [0.05, 0.1) is 12.7 Å². The number of amides is 2. The number of hydrogen-bond acceptors (Lipinski definition) is 4. The number of aromatic nitrogens is 1. The molecule has 6 heteroatoms. The lowest BCUT2D eigenvalue weighted by Crippen LogP contribution is -2.35. The zero-order chi connectivity index (χ0) is 23.7. The van der Waals surface area contributed by atoms with E-state index in [1.165, 1.54) is 4.90 Å². The van der Waals surface area contributed by atoms with Crippen molar-refractivity contribution in [1.82, 2.24) is 9.88 Å². The van der Waals surface area contributed by atoms with Crippen molar-refractivity contribution in [1.29, 1.82) is 0 Å². The van der Waals surface area contributed by atoms with Crippen LogP contribution in [0.5, 0.6) is 5.75 Å². The van der Waals surface area contributed by atoms with Gasteiger partial charge in [-0.25, -0.2) is 0 Å². The number of para-hydroxylation sites is 3. The monoisotopic (exact) mass is 451 g/mol. The Labute approximate surface area is 198 Å². The summed E-state index contributed by atoms with van der Waals surface area (Å²) >= 11 is 0. The zero-order valence-corrected chi connectivity index (χ0v) is 19.1. The van der Waals surface area contributed by atoms with Gasteiger partial charge in [-0.1, -0.05) is 54.6 Å². The quantitative estimate of drug-likeness (QED) is 0.416. The number of anilines is 1. The van der Waals surface area contributed by atoms with Gasteiger partial charge in [0.2, 0.25) is 0 Å². The minimum atomic E-state index is -0.313. The summed E-state index contributed by atoms with van der Waals surface area (Å²) in [5.74, 6) is -0.0692. The first-order valence-corrected chi connectivity index (χ1v) is 11.2. The first kappa shape index (κ1) is 21.5. The molecular formula is C28H25N3O3. The molecule has 0 aliphatic carbocycles. The molecule has 0 saturated heterocycles. The van der Waals surface area contributed by atoms with E-state index in [0.717, 1.165) is 22.2 Å². The van der Waals surface area contributed by atoms with Crippen molar-refractivity contribution in [2.45, 2.75) is 6.42 Å². The Balaban J connectivity index is 1.53. The van der Waals surface area contributed by atoms with Crippen LogP contribution in [0, 0.1) is 0 Å². The number of benzene rings is 3. The van der Waals surface area contributed by atoms with Crippen LogP contribution in [-0.4, -0.2) is 42.4 Å². The number of likely N-dealkylation sites (N-methyl/N-ethyl adjacent to an activating group) is 1. The van der Waals surface area contributed by atoms with Gasteiger partial charge >= 0.3 is 0 Å². The van der Waals surface area contributed by atoms with Crippen LogP contribution in [0.25, 0.3) is 16.5 Å². The number of rotatable bonds is 7. The molecule has 2 amide bonds. The Morgan fingerprint density at radius 3 is 2.38 bits per heavy atom. The molecule has 0 saturated carbocycles. The van der Waals surface area contributed by atoms with E-state index in [1.807, 2.05) is 86.0 Å². The number of aromatic amines is 1. The van der Waals surface area contributed by atoms with Gasteiger partial charge in [0.15, 0.2) is 0 Å². The van der Waals surface area contributed by atoms with E-state index in [2.05, 4.69) is 4.98 Å². The normalized spacial score (nSPS) is 13.8. The Morgan fingerprint density at radius 1 is 0.882 bits per heavy atom. The molecule has 0 atom stereocenters. The van der Waals surface area contributed by atoms with Gasteiger partial charge in [-0.3, -0.25) is 14.5 Å². The van der Waals surface area contributed by atoms with E-state index in [-0.39, 0.29) is 18.4 Å². The summed E-state index contributed by atoms with van der Waals surface area (Å²) in [4.78, 5) is 33.8. The number of H-pyrrole nitrogens is 1. The van der Waals surface area contributed by atoms with Crippen LogP contribution in [0.1, 0.15) is 11.1 Å². The Bertz CT molecular complexity index is 1400. The van der Waals surface area contributed by atoms with E-state index in [1.54, 1.807) is 18.1 Å². The van der Waals surface area contributed by atoms with Gasteiger partial charge in [-0.15, -0.1) is 0 Å². The fraction of sp³-hybridized carbons (Fsp3) is 0.143. The van der Waals surface area contributed by atoms with Gasteiger partial charge < -0.3 is 14.6 Å². The fourth-order valence-electron chi connectivity index (χ4n) is 4.52. The third kappa shape index (κ3) is 3.63. The predicted molar refractivity (Wildman–Crippen MR) is 133 cm³/mol. The predicted octanol–water partition coefficient (Wildman–Crippen LogP) is 4.64. The fourth-order valence-corrected chi connectivity index (χ4v) is 4.52. The van der Waals surface area contributed by atoms with Crippen molar-refractivity contribution in [3.8, 4) is 5.75 Å². The second-order valence-electron chi connectivity index (χ2n) is 8.19. The van der Waals surface area contributed by atoms with Crippen molar-refractivity contribution in [2.24, 2.45) is 0 Å². The molecule has 0 spiro atoms. The largest absolute Gasteiger partial charge is 0.496 e. The SMILES string of the molecule is COc1ccccc1C1=C(N(C)c2ccccc2)C(=O)N(CCc2c[nH]c3ccccc23)C1=O. The molecule has 3 aromatic carbocycles. The van der Waals surface area contributed by atoms with Crippen molar-refractivity contribution >= 4 is 34.0 Å². The number of ether oxygens (including phenoxy) is 1. The number of imide groups is 1. The smallest absolute Gasteiger partial charge is 0.278 e. The molecular weight excluding hydrogens is 426 g/mol. The van der Waals surface area contributed by atoms with Gasteiger partial charge in [0.25, 0.3) is 11.8 Å². The standard InChI is InChI=1S/C28H25N3O3/c1-30(20-10-4-3-5-11-20)26-25(22-13-7-9-15-24(22)34-2)27(32)31(28(26)33)17-16-19-18-29-23-14-8-6-12-21(19)23/h3-15,18,29H,16-17H2,1-2H3. The molecule has 0 fully saturated rings. The molecule has 1 aromatic heterocycles. The molecule has 34 heavy (non-hydrogen) atoms. The first-order valence-electron chi connectivity index (χ1n) is 11.2. The van der Waals surface area contributed by atoms with Crippen LogP contribution in [0.4, 0.5) is 5.69 Å². The lowest BCUT2D eigenvalue weighted by Gasteiger charge is -2.21. The molecule has 1 aliphatic heterocycles. The third-order valence-electron chi connectivity index (χ3n) is 6.28. The maximum atomic E-state index is 13.7. The second kappa shape index (κ2) is 8.90. The number of methoxy groups -OCH3 is 1. The van der Waals surface area contributed by atoms with Crippen LogP contribution in [-0.2, 0) is 16.0 Å². The van der Waals surface area contributed by atoms with Crippen LogP contribution in [0.3, 0.4) is 0 Å². The summed E-state index contributed by atoms with van der Waals surface area (Å²) in [6.07, 6.45) is 2.50. The number of carbonyl (C=O) groups excluding carboxylic acids is 2. The molecule has 1 N–H and O–H groups in total. The Morgan fingerprint density at radius 2 is 1.59 bits per heavy atom. The molecule has 2 heterocycles. The molecule has 0 radical (unpaired) electrons. The Kier molecular flexibility index (Phi) is 5.64. The van der Waals surface area contributed by atoms with E-state index in [9.17, 15) is 9.59 Å². The number of nitrogens with zero attached hydrogens (tertiary/aromatic N) is 2. The summed E-state index contributed by atoms with van der Waals surface area (Å²) in [6.45, 7) is 0.282. The van der Waals surface area contributed by atoms with Gasteiger partial charge in [0.1, 0.15) is 11.4 Å². The van der Waals surface area contributed by atoms with Gasteiger partial charge in [0, 0.05) is 41.9 Å². The molecule has 6 nitrogen and oxygen atoms in total. The summed E-state index contributed by atoms with van der Waals surface area (Å²) in [5.41, 5.74) is 4.24. The van der Waals surface area contributed by atoms with Gasteiger partial charge in [-0.2, -0.15) is 0 Å². The highest BCUT2D eigenvalue weighted by atomic mass is 16.5. The highest BCUT2D eigenvalue weighted by Crippen LogP contribution is 2.37. The molecule has 0 bridgehead atoms. The van der Waals surface area contributed by atoms with Crippen LogP contribution >= 0.6 is 0 Å². The van der Waals surface area contributed by atoms with Crippen molar-refractivity contribution in [3.05, 3.63) is 102 Å². The topological polar surface area (TPSA) is 65.6 Å². The van der Waals surface area contributed by atoms with E-state index in [0.29, 0.717) is 29.0 Å². The average molecular weight is 452 g/mol. The molecule has 170 valence electrons. The third-order valence-corrected chi connectivity index (χ3v) is 6.28. The van der Waals surface area contributed by atoms with E-state index in [4.69, 9.17) is 4.74 Å². The number of hydrogen-bond donors (Lipinski definition) is 1. The molecule has 4 aromatic rings.